The van der Waals surface area contributed by atoms with Crippen LogP contribution in [0.15, 0.2) is 65.9 Å². The summed E-state index contributed by atoms with van der Waals surface area (Å²) < 4.78 is 5.51. The molecule has 5 heteroatoms. The van der Waals surface area contributed by atoms with Gasteiger partial charge in [0.15, 0.2) is 11.5 Å². The van der Waals surface area contributed by atoms with Gasteiger partial charge in [0, 0.05) is 18.5 Å². The second kappa shape index (κ2) is 10.1. The number of para-hydroxylation sites is 1. The molecule has 1 unspecified atom stereocenters. The Morgan fingerprint density at radius 1 is 1.07 bits per heavy atom. The van der Waals surface area contributed by atoms with Crippen molar-refractivity contribution in [2.24, 2.45) is 0 Å². The van der Waals surface area contributed by atoms with Gasteiger partial charge in [-0.05, 0) is 24.5 Å². The number of aliphatic hydroxyl groups is 1. The summed E-state index contributed by atoms with van der Waals surface area (Å²) in [6.45, 7) is 2.58. The molecule has 0 saturated carbocycles. The average Bonchev–Trinajstić information content (AvgIpc) is 3.03. The minimum atomic E-state index is -0.631. The summed E-state index contributed by atoms with van der Waals surface area (Å²) >= 11 is 0. The van der Waals surface area contributed by atoms with E-state index < -0.39 is 17.7 Å². The molecule has 3 rings (SSSR count). The van der Waals surface area contributed by atoms with E-state index in [9.17, 15) is 14.7 Å². The minimum absolute atomic E-state index is 0.178. The van der Waals surface area contributed by atoms with Gasteiger partial charge in [0.05, 0.1) is 18.7 Å². The van der Waals surface area contributed by atoms with Crippen LogP contribution in [-0.2, 0) is 16.0 Å². The topological polar surface area (TPSA) is 66.8 Å². The number of rotatable bonds is 10. The van der Waals surface area contributed by atoms with E-state index in [2.05, 4.69) is 6.92 Å². The molecule has 0 spiro atoms. The highest BCUT2D eigenvalue weighted by Crippen LogP contribution is 2.42. The smallest absolute Gasteiger partial charge is 0.290 e. The molecule has 1 N–H and O–H groups in total. The predicted molar refractivity (Wildman–Crippen MR) is 116 cm³/mol. The molecule has 0 aliphatic carbocycles. The van der Waals surface area contributed by atoms with Crippen molar-refractivity contribution < 1.29 is 19.4 Å². The molecule has 2 aromatic rings. The van der Waals surface area contributed by atoms with Gasteiger partial charge >= 0.3 is 0 Å². The number of benzene rings is 2. The van der Waals surface area contributed by atoms with E-state index in [-0.39, 0.29) is 17.8 Å². The number of nitrogens with zero attached hydrogens (tertiary/aromatic N) is 1. The van der Waals surface area contributed by atoms with Gasteiger partial charge in [0.1, 0.15) is 5.75 Å². The van der Waals surface area contributed by atoms with E-state index in [0.717, 1.165) is 30.4 Å². The van der Waals surface area contributed by atoms with E-state index >= 15 is 0 Å². The Morgan fingerprint density at radius 2 is 1.77 bits per heavy atom. The lowest BCUT2D eigenvalue weighted by atomic mass is 9.92. The fraction of sp³-hybridized carbons (Fsp3) is 0.360. The number of aryl methyl sites for hydroxylation is 1. The van der Waals surface area contributed by atoms with Crippen LogP contribution >= 0.6 is 0 Å². The van der Waals surface area contributed by atoms with Gasteiger partial charge in [-0.3, -0.25) is 9.59 Å². The summed E-state index contributed by atoms with van der Waals surface area (Å²) in [6, 6.07) is 16.5. The second-order valence-corrected chi connectivity index (χ2v) is 7.52. The summed E-state index contributed by atoms with van der Waals surface area (Å²) in [5.41, 5.74) is 1.94. The molecule has 1 heterocycles. The highest BCUT2D eigenvalue weighted by Gasteiger charge is 2.43. The zero-order valence-corrected chi connectivity index (χ0v) is 17.6. The minimum Gasteiger partial charge on any atom is -0.503 e. The molecule has 0 radical (unpaired) electrons. The summed E-state index contributed by atoms with van der Waals surface area (Å²) in [4.78, 5) is 27.7. The summed E-state index contributed by atoms with van der Waals surface area (Å²) in [7, 11) is 1.57. The molecular weight excluding hydrogens is 378 g/mol. The normalized spacial score (nSPS) is 16.3. The third-order valence-electron chi connectivity index (χ3n) is 5.52. The SMILES string of the molecule is CCCCCN1C(=O)C(O)=C(C(=O)CCc2ccccc2)C1c1ccccc1OC. The zero-order valence-electron chi connectivity index (χ0n) is 17.6. The number of aliphatic hydroxyl groups excluding tert-OH is 1. The maximum absolute atomic E-state index is 13.2. The van der Waals surface area contributed by atoms with E-state index in [1.165, 1.54) is 0 Å². The van der Waals surface area contributed by atoms with Gasteiger partial charge in [-0.15, -0.1) is 0 Å². The monoisotopic (exact) mass is 407 g/mol. The van der Waals surface area contributed by atoms with Gasteiger partial charge < -0.3 is 14.7 Å². The molecule has 0 saturated heterocycles. The van der Waals surface area contributed by atoms with Crippen LogP contribution in [0.5, 0.6) is 5.75 Å². The van der Waals surface area contributed by atoms with Crippen LogP contribution < -0.4 is 4.74 Å². The fourth-order valence-electron chi connectivity index (χ4n) is 3.95. The fourth-order valence-corrected chi connectivity index (χ4v) is 3.95. The van der Waals surface area contributed by atoms with Crippen LogP contribution in [0.1, 0.15) is 49.8 Å². The first kappa shape index (κ1) is 21.6. The lowest BCUT2D eigenvalue weighted by Gasteiger charge is -2.28. The lowest BCUT2D eigenvalue weighted by Crippen LogP contribution is -2.32. The van der Waals surface area contributed by atoms with Crippen molar-refractivity contribution in [2.75, 3.05) is 13.7 Å². The number of carbonyl (C=O) groups excluding carboxylic acids is 2. The molecule has 1 atom stereocenters. The molecule has 1 aliphatic rings. The van der Waals surface area contributed by atoms with E-state index in [1.807, 2.05) is 54.6 Å². The van der Waals surface area contributed by atoms with Crippen molar-refractivity contribution in [1.29, 1.82) is 0 Å². The van der Waals surface area contributed by atoms with E-state index in [0.29, 0.717) is 18.7 Å². The molecule has 158 valence electrons. The van der Waals surface area contributed by atoms with Crippen LogP contribution in [0.4, 0.5) is 0 Å². The standard InChI is InChI=1S/C25H29NO4/c1-3-4-10-17-26-23(19-13-8-9-14-21(19)30-2)22(24(28)25(26)29)20(27)16-15-18-11-6-5-7-12-18/h5-9,11-14,23,28H,3-4,10,15-17H2,1-2H3. The molecular formula is C25H29NO4. The Bertz CT molecular complexity index is 920. The number of amides is 1. The highest BCUT2D eigenvalue weighted by molar-refractivity contribution is 6.09. The van der Waals surface area contributed by atoms with E-state index in [1.54, 1.807) is 12.0 Å². The van der Waals surface area contributed by atoms with Crippen molar-refractivity contribution in [3.63, 3.8) is 0 Å². The lowest BCUT2D eigenvalue weighted by molar-refractivity contribution is -0.129. The quantitative estimate of drug-likeness (QED) is 0.576. The number of unbranched alkanes of at least 4 members (excludes halogenated alkanes) is 2. The Kier molecular flexibility index (Phi) is 7.28. The number of ether oxygens (including phenoxy) is 1. The largest absolute Gasteiger partial charge is 0.503 e. The van der Waals surface area contributed by atoms with Crippen molar-refractivity contribution in [2.45, 2.75) is 45.1 Å². The van der Waals surface area contributed by atoms with Crippen molar-refractivity contribution in [3.05, 3.63) is 77.1 Å². The summed E-state index contributed by atoms with van der Waals surface area (Å²) in [6.07, 6.45) is 3.58. The number of carbonyl (C=O) groups is 2. The number of Topliss-reactive ketones (excluding diaryl/α,β-unsaturated/α-hetero) is 1. The first-order valence-electron chi connectivity index (χ1n) is 10.5. The van der Waals surface area contributed by atoms with Crippen molar-refractivity contribution in [1.82, 2.24) is 4.90 Å². The summed E-state index contributed by atoms with van der Waals surface area (Å²) in [5.74, 6) is -0.525. The van der Waals surface area contributed by atoms with Crippen LogP contribution in [0.25, 0.3) is 0 Å². The molecule has 1 amide bonds. The Balaban J connectivity index is 1.93. The molecule has 0 aromatic heterocycles. The van der Waals surface area contributed by atoms with Crippen molar-refractivity contribution >= 4 is 11.7 Å². The maximum atomic E-state index is 13.2. The number of methoxy groups -OCH3 is 1. The molecule has 0 bridgehead atoms. The highest BCUT2D eigenvalue weighted by atomic mass is 16.5. The molecule has 30 heavy (non-hydrogen) atoms. The van der Waals surface area contributed by atoms with Gasteiger partial charge in [0.2, 0.25) is 0 Å². The Labute approximate surface area is 178 Å². The van der Waals surface area contributed by atoms with Crippen LogP contribution in [0.3, 0.4) is 0 Å². The molecule has 2 aromatic carbocycles. The third kappa shape index (κ3) is 4.56. The average molecular weight is 408 g/mol. The Morgan fingerprint density at radius 3 is 2.47 bits per heavy atom. The number of hydrogen-bond acceptors (Lipinski definition) is 4. The first-order valence-corrected chi connectivity index (χ1v) is 10.5. The maximum Gasteiger partial charge on any atom is 0.290 e. The Hall–Kier alpha value is -3.08. The van der Waals surface area contributed by atoms with Gasteiger partial charge in [0.25, 0.3) is 5.91 Å². The van der Waals surface area contributed by atoms with Gasteiger partial charge in [-0.25, -0.2) is 0 Å². The predicted octanol–water partition coefficient (Wildman–Crippen LogP) is 4.78. The van der Waals surface area contributed by atoms with Gasteiger partial charge in [-0.1, -0.05) is 68.3 Å². The van der Waals surface area contributed by atoms with E-state index in [4.69, 9.17) is 4.74 Å². The summed E-state index contributed by atoms with van der Waals surface area (Å²) in [5, 5.41) is 10.7. The second-order valence-electron chi connectivity index (χ2n) is 7.52. The number of ketones is 1. The van der Waals surface area contributed by atoms with Crippen LogP contribution in [0.2, 0.25) is 0 Å². The zero-order chi connectivity index (χ0) is 21.5. The van der Waals surface area contributed by atoms with Crippen LogP contribution in [0, 0.1) is 0 Å². The van der Waals surface area contributed by atoms with Gasteiger partial charge in [-0.2, -0.15) is 0 Å². The van der Waals surface area contributed by atoms with Crippen LogP contribution in [-0.4, -0.2) is 35.4 Å². The first-order chi connectivity index (χ1) is 14.6. The molecule has 5 nitrogen and oxygen atoms in total. The van der Waals surface area contributed by atoms with Crippen molar-refractivity contribution in [3.8, 4) is 5.75 Å². The molecule has 1 aliphatic heterocycles. The third-order valence-corrected chi connectivity index (χ3v) is 5.52. The number of hydrogen-bond donors (Lipinski definition) is 1. The molecule has 0 fully saturated rings.